The van der Waals surface area contributed by atoms with Crippen molar-refractivity contribution in [1.29, 1.82) is 0 Å². The Kier molecular flexibility index (Phi) is 3.58. The molecule has 0 radical (unpaired) electrons. The first kappa shape index (κ1) is 11.9. The molecule has 2 heterocycles. The maximum atomic E-state index is 10.9. The molecular formula is C12H16N2O3. The summed E-state index contributed by atoms with van der Waals surface area (Å²) < 4.78 is 5.42. The van der Waals surface area contributed by atoms with Crippen LogP contribution in [0.2, 0.25) is 0 Å². The molecule has 0 saturated carbocycles. The topological polar surface area (TPSA) is 62.7 Å². The Hall–Kier alpha value is -1.62. The van der Waals surface area contributed by atoms with Crippen LogP contribution in [0.3, 0.4) is 0 Å². The number of carboxylic acid groups (broad SMARTS) is 1. The van der Waals surface area contributed by atoms with Gasteiger partial charge in [0, 0.05) is 12.7 Å². The fourth-order valence-electron chi connectivity index (χ4n) is 2.00. The van der Waals surface area contributed by atoms with Crippen LogP contribution in [0.15, 0.2) is 18.3 Å². The van der Waals surface area contributed by atoms with Crippen LogP contribution in [-0.4, -0.2) is 41.9 Å². The SMILES string of the molecule is CCC1COCCN1c1cc(C(=O)O)ccn1. The summed E-state index contributed by atoms with van der Waals surface area (Å²) in [6.07, 6.45) is 2.50. The van der Waals surface area contributed by atoms with Gasteiger partial charge in [-0.1, -0.05) is 6.92 Å². The molecule has 1 saturated heterocycles. The number of pyridine rings is 1. The Morgan fingerprint density at radius 1 is 1.71 bits per heavy atom. The number of carbonyl (C=O) groups is 1. The number of morpholine rings is 1. The number of aromatic carboxylic acids is 1. The van der Waals surface area contributed by atoms with Gasteiger partial charge in [0.25, 0.3) is 0 Å². The average molecular weight is 236 g/mol. The molecule has 92 valence electrons. The number of rotatable bonds is 3. The first-order valence-electron chi connectivity index (χ1n) is 5.76. The van der Waals surface area contributed by atoms with Gasteiger partial charge in [-0.15, -0.1) is 0 Å². The molecule has 1 N–H and O–H groups in total. The third kappa shape index (κ3) is 2.55. The quantitative estimate of drug-likeness (QED) is 0.859. The number of aromatic nitrogens is 1. The lowest BCUT2D eigenvalue weighted by Gasteiger charge is -2.36. The highest BCUT2D eigenvalue weighted by Crippen LogP contribution is 2.20. The minimum atomic E-state index is -0.921. The van der Waals surface area contributed by atoms with Gasteiger partial charge < -0.3 is 14.7 Å². The molecule has 0 amide bonds. The van der Waals surface area contributed by atoms with E-state index in [2.05, 4.69) is 16.8 Å². The lowest BCUT2D eigenvalue weighted by Crippen LogP contribution is -2.45. The van der Waals surface area contributed by atoms with E-state index in [9.17, 15) is 4.79 Å². The van der Waals surface area contributed by atoms with Gasteiger partial charge >= 0.3 is 5.97 Å². The second-order valence-corrected chi connectivity index (χ2v) is 4.04. The van der Waals surface area contributed by atoms with Crippen molar-refractivity contribution in [3.8, 4) is 0 Å². The van der Waals surface area contributed by atoms with E-state index in [4.69, 9.17) is 9.84 Å². The van der Waals surface area contributed by atoms with Gasteiger partial charge in [-0.05, 0) is 18.6 Å². The van der Waals surface area contributed by atoms with Gasteiger partial charge in [0.1, 0.15) is 5.82 Å². The van der Waals surface area contributed by atoms with Crippen molar-refractivity contribution in [3.63, 3.8) is 0 Å². The standard InChI is InChI=1S/C12H16N2O3/c1-2-10-8-17-6-5-14(10)11-7-9(12(15)16)3-4-13-11/h3-4,7,10H,2,5-6,8H2,1H3,(H,15,16). The minimum Gasteiger partial charge on any atom is -0.478 e. The van der Waals surface area contributed by atoms with Crippen molar-refractivity contribution in [2.24, 2.45) is 0 Å². The van der Waals surface area contributed by atoms with Gasteiger partial charge in [-0.3, -0.25) is 0 Å². The summed E-state index contributed by atoms with van der Waals surface area (Å²) in [7, 11) is 0. The normalized spacial score (nSPS) is 20.3. The fourth-order valence-corrected chi connectivity index (χ4v) is 2.00. The lowest BCUT2D eigenvalue weighted by atomic mass is 10.1. The van der Waals surface area contributed by atoms with Gasteiger partial charge in [-0.2, -0.15) is 0 Å². The molecule has 1 fully saturated rings. The van der Waals surface area contributed by atoms with Gasteiger partial charge in [-0.25, -0.2) is 9.78 Å². The zero-order valence-corrected chi connectivity index (χ0v) is 9.80. The first-order chi connectivity index (χ1) is 8.22. The predicted octanol–water partition coefficient (Wildman–Crippen LogP) is 1.40. The fraction of sp³-hybridized carbons (Fsp3) is 0.500. The monoisotopic (exact) mass is 236 g/mol. The van der Waals surface area contributed by atoms with E-state index in [-0.39, 0.29) is 11.6 Å². The van der Waals surface area contributed by atoms with Gasteiger partial charge in [0.2, 0.25) is 0 Å². The minimum absolute atomic E-state index is 0.274. The Labute approximate surface area is 100 Å². The smallest absolute Gasteiger partial charge is 0.335 e. The molecule has 5 heteroatoms. The maximum Gasteiger partial charge on any atom is 0.335 e. The van der Waals surface area contributed by atoms with Crippen molar-refractivity contribution in [3.05, 3.63) is 23.9 Å². The van der Waals surface area contributed by atoms with Crippen LogP contribution in [0.25, 0.3) is 0 Å². The molecule has 1 aromatic rings. The van der Waals surface area contributed by atoms with Crippen molar-refractivity contribution in [1.82, 2.24) is 4.98 Å². The average Bonchev–Trinajstić information content (AvgIpc) is 2.39. The first-order valence-corrected chi connectivity index (χ1v) is 5.76. The van der Waals surface area contributed by atoms with E-state index < -0.39 is 5.97 Å². The summed E-state index contributed by atoms with van der Waals surface area (Å²) in [6, 6.07) is 3.41. The van der Waals surface area contributed by atoms with Crippen molar-refractivity contribution >= 4 is 11.8 Å². The predicted molar refractivity (Wildman–Crippen MR) is 63.4 cm³/mol. The highest BCUT2D eigenvalue weighted by molar-refractivity contribution is 5.88. The van der Waals surface area contributed by atoms with E-state index in [1.807, 2.05) is 0 Å². The van der Waals surface area contributed by atoms with Crippen LogP contribution >= 0.6 is 0 Å². The third-order valence-electron chi connectivity index (χ3n) is 2.99. The molecule has 1 aliphatic heterocycles. The van der Waals surface area contributed by atoms with Crippen LogP contribution in [0.1, 0.15) is 23.7 Å². The Morgan fingerprint density at radius 2 is 2.53 bits per heavy atom. The summed E-state index contributed by atoms with van der Waals surface area (Å²) >= 11 is 0. The van der Waals surface area contributed by atoms with E-state index in [1.165, 1.54) is 6.07 Å². The maximum absolute atomic E-state index is 10.9. The summed E-state index contributed by atoms with van der Waals surface area (Å²) in [6.45, 7) is 4.19. The van der Waals surface area contributed by atoms with Crippen LogP contribution in [-0.2, 0) is 4.74 Å². The van der Waals surface area contributed by atoms with Crippen LogP contribution in [0, 0.1) is 0 Å². The molecule has 17 heavy (non-hydrogen) atoms. The van der Waals surface area contributed by atoms with Crippen LogP contribution < -0.4 is 4.90 Å². The summed E-state index contributed by atoms with van der Waals surface area (Å²) in [4.78, 5) is 17.3. The molecule has 1 unspecified atom stereocenters. The molecule has 1 aromatic heterocycles. The molecule has 0 bridgehead atoms. The third-order valence-corrected chi connectivity index (χ3v) is 2.99. The van der Waals surface area contributed by atoms with Crippen LogP contribution in [0.4, 0.5) is 5.82 Å². The van der Waals surface area contributed by atoms with Crippen molar-refractivity contribution in [2.75, 3.05) is 24.7 Å². The molecular weight excluding hydrogens is 220 g/mol. The van der Waals surface area contributed by atoms with Gasteiger partial charge in [0.15, 0.2) is 0 Å². The molecule has 2 rings (SSSR count). The highest BCUT2D eigenvalue weighted by Gasteiger charge is 2.23. The highest BCUT2D eigenvalue weighted by atomic mass is 16.5. The van der Waals surface area contributed by atoms with E-state index in [0.717, 1.165) is 18.8 Å². The Bertz CT molecular complexity index is 408. The molecule has 0 aromatic carbocycles. The molecule has 0 aliphatic carbocycles. The van der Waals surface area contributed by atoms with E-state index in [1.54, 1.807) is 12.3 Å². The summed E-state index contributed by atoms with van der Waals surface area (Å²) in [5.41, 5.74) is 0.274. The second kappa shape index (κ2) is 5.14. The Morgan fingerprint density at radius 3 is 3.24 bits per heavy atom. The largest absolute Gasteiger partial charge is 0.478 e. The molecule has 1 atom stereocenters. The second-order valence-electron chi connectivity index (χ2n) is 4.04. The van der Waals surface area contributed by atoms with E-state index in [0.29, 0.717) is 13.2 Å². The zero-order chi connectivity index (χ0) is 12.3. The number of hydrogen-bond acceptors (Lipinski definition) is 4. The molecule has 0 spiro atoms. The number of hydrogen-bond donors (Lipinski definition) is 1. The zero-order valence-electron chi connectivity index (χ0n) is 9.80. The number of nitrogens with zero attached hydrogens (tertiary/aromatic N) is 2. The van der Waals surface area contributed by atoms with Crippen molar-refractivity contribution in [2.45, 2.75) is 19.4 Å². The van der Waals surface area contributed by atoms with E-state index >= 15 is 0 Å². The number of anilines is 1. The lowest BCUT2D eigenvalue weighted by molar-refractivity contribution is 0.0696. The summed E-state index contributed by atoms with van der Waals surface area (Å²) in [5, 5.41) is 8.96. The Balaban J connectivity index is 2.25. The number of carboxylic acids is 1. The van der Waals surface area contributed by atoms with Crippen molar-refractivity contribution < 1.29 is 14.6 Å². The van der Waals surface area contributed by atoms with Crippen LogP contribution in [0.5, 0.6) is 0 Å². The molecule has 1 aliphatic rings. The van der Waals surface area contributed by atoms with Gasteiger partial charge in [0.05, 0.1) is 24.8 Å². The molecule has 5 nitrogen and oxygen atoms in total. The summed E-state index contributed by atoms with van der Waals surface area (Å²) in [5.74, 6) is -0.199. The number of ether oxygens (including phenoxy) is 1.